The lowest BCUT2D eigenvalue weighted by atomic mass is 9.89. The summed E-state index contributed by atoms with van der Waals surface area (Å²) in [4.78, 5) is 79.4. The molecule has 2 aromatic carbocycles. The molecule has 24 nitrogen and oxygen atoms in total. The SMILES string of the molecule is CCC(=O)Nc1c(O)c2ccc(OC3OC(C)(C)C(OC)C(OC(=O)c4ccc(C)[nH]4)C3O)c(C)c2oc1=O.COC1C(OC(=O)c2ccc(C)[nH]2)C(O)C(Oc2ccc3c(O)c(NC(C)=O)c(=O)oc3c2C)OC1(C)C. The van der Waals surface area contributed by atoms with Crippen molar-refractivity contribution in [3.05, 3.63) is 103 Å². The molecule has 8 rings (SSSR count). The molecule has 0 spiro atoms. The molecule has 8 N–H and O–H groups in total. The number of carbonyl (C=O) groups is 4. The van der Waals surface area contributed by atoms with Crippen molar-refractivity contribution in [1.29, 1.82) is 0 Å². The van der Waals surface area contributed by atoms with E-state index in [4.69, 9.17) is 46.7 Å². The number of aromatic amines is 2. The van der Waals surface area contributed by atoms with Crippen molar-refractivity contribution in [3.8, 4) is 23.0 Å². The summed E-state index contributed by atoms with van der Waals surface area (Å²) in [5.41, 5.74) is -2.09. The molecule has 4 aromatic heterocycles. The highest BCUT2D eigenvalue weighted by Crippen LogP contribution is 2.41. The molecular formula is C53H62N4O20. The topological polar surface area (TPSA) is 339 Å². The lowest BCUT2D eigenvalue weighted by molar-refractivity contribution is -0.305. The van der Waals surface area contributed by atoms with Crippen LogP contribution in [-0.4, -0.2) is 129 Å². The molecule has 2 fully saturated rings. The fraction of sp³-hybridized carbons (Fsp3) is 0.434. The molecule has 6 heterocycles. The second-order valence-electron chi connectivity index (χ2n) is 19.5. The fourth-order valence-electron chi connectivity index (χ4n) is 9.10. The van der Waals surface area contributed by atoms with Gasteiger partial charge in [-0.05, 0) is 104 Å². The highest BCUT2D eigenvalue weighted by atomic mass is 16.7. The van der Waals surface area contributed by atoms with Crippen LogP contribution in [0.3, 0.4) is 0 Å². The van der Waals surface area contributed by atoms with Gasteiger partial charge in [0.05, 0.1) is 22.0 Å². The highest BCUT2D eigenvalue weighted by Gasteiger charge is 2.55. The number of aryl methyl sites for hydroxylation is 4. The van der Waals surface area contributed by atoms with Gasteiger partial charge in [0.15, 0.2) is 47.3 Å². The summed E-state index contributed by atoms with van der Waals surface area (Å²) >= 11 is 0. The first-order valence-corrected chi connectivity index (χ1v) is 24.2. The van der Waals surface area contributed by atoms with Crippen molar-refractivity contribution >= 4 is 57.1 Å². The molecule has 2 aliphatic heterocycles. The van der Waals surface area contributed by atoms with Gasteiger partial charge in [-0.15, -0.1) is 0 Å². The first-order valence-electron chi connectivity index (χ1n) is 24.2. The minimum Gasteiger partial charge on any atom is -0.505 e. The molecule has 2 saturated heterocycles. The molecule has 2 aliphatic rings. The average Bonchev–Trinajstić information content (AvgIpc) is 4.04. The van der Waals surface area contributed by atoms with Crippen LogP contribution < -0.4 is 31.4 Å². The monoisotopic (exact) mass is 1070 g/mol. The number of aromatic hydroxyl groups is 2. The Hall–Kier alpha value is -7.74. The Labute approximate surface area is 439 Å². The number of aliphatic hydroxyl groups excluding tert-OH is 2. The molecule has 0 saturated carbocycles. The normalized spacial score (nSPS) is 22.6. The first-order chi connectivity index (χ1) is 36.2. The molecule has 8 atom stereocenters. The second-order valence-corrected chi connectivity index (χ2v) is 19.5. The van der Waals surface area contributed by atoms with E-state index < -0.39 is 107 Å². The van der Waals surface area contributed by atoms with E-state index in [0.29, 0.717) is 11.1 Å². The molecule has 24 heteroatoms. The Morgan fingerprint density at radius 3 is 1.35 bits per heavy atom. The van der Waals surface area contributed by atoms with E-state index in [1.54, 1.807) is 86.6 Å². The summed E-state index contributed by atoms with van der Waals surface area (Å²) in [7, 11) is 2.84. The van der Waals surface area contributed by atoms with E-state index in [0.717, 1.165) is 11.4 Å². The Morgan fingerprint density at radius 2 is 1.01 bits per heavy atom. The van der Waals surface area contributed by atoms with Crippen LogP contribution in [0, 0.1) is 27.7 Å². The Morgan fingerprint density at radius 1 is 0.623 bits per heavy atom. The van der Waals surface area contributed by atoms with Crippen molar-refractivity contribution in [3.63, 3.8) is 0 Å². The Kier molecular flexibility index (Phi) is 16.6. The van der Waals surface area contributed by atoms with Crippen LogP contribution in [0.25, 0.3) is 21.9 Å². The third-order valence-electron chi connectivity index (χ3n) is 13.0. The minimum atomic E-state index is -1.47. The maximum absolute atomic E-state index is 12.8. The molecule has 8 unspecified atom stereocenters. The third kappa shape index (κ3) is 11.7. The number of hydrogen-bond acceptors (Lipinski definition) is 20. The predicted octanol–water partition coefficient (Wildman–Crippen LogP) is 5.42. The van der Waals surface area contributed by atoms with Crippen molar-refractivity contribution in [2.45, 2.75) is 136 Å². The summed E-state index contributed by atoms with van der Waals surface area (Å²) in [5.74, 6) is -2.93. The van der Waals surface area contributed by atoms with Crippen molar-refractivity contribution in [2.75, 3.05) is 24.9 Å². The van der Waals surface area contributed by atoms with Crippen molar-refractivity contribution in [2.24, 2.45) is 0 Å². The number of aliphatic hydroxyl groups is 2. The highest BCUT2D eigenvalue weighted by molar-refractivity contribution is 5.98. The number of esters is 2. The van der Waals surface area contributed by atoms with Gasteiger partial charge < -0.3 is 87.8 Å². The molecule has 0 radical (unpaired) electrons. The van der Waals surface area contributed by atoms with Gasteiger partial charge in [0, 0.05) is 50.1 Å². The number of anilines is 2. The van der Waals surface area contributed by atoms with Crippen LogP contribution in [0.1, 0.15) is 91.5 Å². The molecular weight excluding hydrogens is 1010 g/mol. The van der Waals surface area contributed by atoms with Gasteiger partial charge in [-0.2, -0.15) is 0 Å². The molecule has 0 aliphatic carbocycles. The van der Waals surface area contributed by atoms with Gasteiger partial charge >= 0.3 is 23.2 Å². The average molecular weight is 1080 g/mol. The van der Waals surface area contributed by atoms with Gasteiger partial charge in [0.2, 0.25) is 24.4 Å². The molecule has 6 aromatic rings. The third-order valence-corrected chi connectivity index (χ3v) is 13.0. The number of hydrogen-bond donors (Lipinski definition) is 8. The standard InChI is InChI=1S/C27H32N2O10.C26H30N2O10/c1-7-17(30)29-18-19(31)14-9-11-16(13(3)21(14)37-25(18)34)36-26-20(32)22(23(35-6)27(4,5)39-26)38-24(33)15-10-8-12(2)28-15;1-11-7-9-15(27-11)23(32)37-21-19(31)25(38-26(4,5)22(21)34-6)35-16-10-8-14-18(30)17(28-13(3)29)24(33)36-20(14)12(16)2/h8-11,20,22-23,26,28,31-32H,7H2,1-6H3,(H,29,30);7-10,19,21-22,25,27,30-31H,1-6H3,(H,28,29). The number of methoxy groups -OCH3 is 2. The smallest absolute Gasteiger partial charge is 0.364 e. The molecule has 77 heavy (non-hydrogen) atoms. The number of rotatable bonds is 13. The summed E-state index contributed by atoms with van der Waals surface area (Å²) in [6, 6.07) is 12.5. The van der Waals surface area contributed by atoms with Gasteiger partial charge in [-0.1, -0.05) is 6.92 Å². The van der Waals surface area contributed by atoms with Crippen LogP contribution in [-0.2, 0) is 38.0 Å². The van der Waals surface area contributed by atoms with Crippen LogP contribution >= 0.6 is 0 Å². The second kappa shape index (κ2) is 22.5. The maximum atomic E-state index is 12.8. The van der Waals surface area contributed by atoms with Crippen LogP contribution in [0.5, 0.6) is 23.0 Å². The van der Waals surface area contributed by atoms with Gasteiger partial charge in [-0.3, -0.25) is 9.59 Å². The number of nitrogens with one attached hydrogen (secondary N) is 4. The maximum Gasteiger partial charge on any atom is 0.364 e. The zero-order valence-corrected chi connectivity index (χ0v) is 44.3. The summed E-state index contributed by atoms with van der Waals surface area (Å²) < 4.78 is 57.2. The number of ether oxygens (including phenoxy) is 8. The van der Waals surface area contributed by atoms with Crippen LogP contribution in [0.2, 0.25) is 0 Å². The largest absolute Gasteiger partial charge is 0.505 e. The van der Waals surface area contributed by atoms with Gasteiger partial charge in [0.1, 0.15) is 46.3 Å². The van der Waals surface area contributed by atoms with E-state index in [-0.39, 0.29) is 62.6 Å². The number of carbonyl (C=O) groups excluding carboxylic acids is 4. The van der Waals surface area contributed by atoms with E-state index in [1.807, 2.05) is 0 Å². The van der Waals surface area contributed by atoms with Crippen LogP contribution in [0.4, 0.5) is 11.4 Å². The number of fused-ring (bicyclic) bond motifs is 2. The van der Waals surface area contributed by atoms with E-state index in [9.17, 15) is 49.2 Å². The molecule has 2 amide bonds. The summed E-state index contributed by atoms with van der Waals surface area (Å²) in [6.45, 7) is 16.4. The van der Waals surface area contributed by atoms with Crippen LogP contribution in [0.15, 0.2) is 67.0 Å². The zero-order valence-electron chi connectivity index (χ0n) is 44.3. The molecule has 414 valence electrons. The van der Waals surface area contributed by atoms with Gasteiger partial charge in [0.25, 0.3) is 0 Å². The number of benzene rings is 2. The van der Waals surface area contributed by atoms with E-state index in [2.05, 4.69) is 20.6 Å². The minimum absolute atomic E-state index is 0.0172. The Bertz CT molecular complexity index is 3330. The van der Waals surface area contributed by atoms with E-state index >= 15 is 0 Å². The quantitative estimate of drug-likeness (QED) is 0.0528. The first kappa shape index (κ1) is 57.0. The summed E-state index contributed by atoms with van der Waals surface area (Å²) in [5, 5.41) is 48.5. The Balaban J connectivity index is 0.000000224. The fourth-order valence-corrected chi connectivity index (χ4v) is 9.10. The number of amides is 2. The zero-order chi connectivity index (χ0) is 56.6. The molecule has 0 bridgehead atoms. The predicted molar refractivity (Wildman–Crippen MR) is 273 cm³/mol. The number of aromatic nitrogens is 2. The van der Waals surface area contributed by atoms with E-state index in [1.165, 1.54) is 45.4 Å². The van der Waals surface area contributed by atoms with Crippen molar-refractivity contribution < 1.29 is 86.3 Å². The van der Waals surface area contributed by atoms with Crippen molar-refractivity contribution in [1.82, 2.24) is 9.97 Å². The lowest BCUT2D eigenvalue weighted by Gasteiger charge is -2.47. The van der Waals surface area contributed by atoms with Gasteiger partial charge in [-0.25, -0.2) is 19.2 Å². The summed E-state index contributed by atoms with van der Waals surface area (Å²) in [6.07, 6.45) is -9.44. The lowest BCUT2D eigenvalue weighted by Crippen LogP contribution is -2.65. The number of H-pyrrole nitrogens is 2.